The molecule has 222 valence electrons. The number of nitrogens with zero attached hydrogens (tertiary/aromatic N) is 5. The Morgan fingerprint density at radius 2 is 1.90 bits per heavy atom. The van der Waals surface area contributed by atoms with Crippen molar-refractivity contribution in [3.63, 3.8) is 0 Å². The van der Waals surface area contributed by atoms with Crippen LogP contribution in [0.5, 0.6) is 0 Å². The van der Waals surface area contributed by atoms with Gasteiger partial charge >= 0.3 is 0 Å². The molecule has 3 aromatic rings. The topological polar surface area (TPSA) is 136 Å². The summed E-state index contributed by atoms with van der Waals surface area (Å²) >= 11 is 0. The maximum Gasteiger partial charge on any atom is 0.282 e. The molecule has 4 heterocycles. The molecule has 1 aliphatic carbocycles. The van der Waals surface area contributed by atoms with Gasteiger partial charge in [0.25, 0.3) is 11.8 Å². The Labute approximate surface area is 240 Å². The summed E-state index contributed by atoms with van der Waals surface area (Å²) in [6, 6.07) is 8.91. The third-order valence-electron chi connectivity index (χ3n) is 7.84. The molecule has 1 saturated carbocycles. The van der Waals surface area contributed by atoms with Gasteiger partial charge in [0.05, 0.1) is 65.2 Å². The van der Waals surface area contributed by atoms with E-state index < -0.39 is 43.2 Å². The molecule has 0 aromatic carbocycles. The average molecular weight is 584 g/mol. The van der Waals surface area contributed by atoms with Gasteiger partial charge in [0.2, 0.25) is 5.91 Å². The van der Waals surface area contributed by atoms with E-state index in [2.05, 4.69) is 26.8 Å². The maximum absolute atomic E-state index is 14.3. The number of aliphatic hydroxyl groups is 1. The van der Waals surface area contributed by atoms with E-state index in [1.54, 1.807) is 28.8 Å². The first-order valence-electron chi connectivity index (χ1n) is 13.8. The number of halogens is 3. The Balaban J connectivity index is 1.36. The van der Waals surface area contributed by atoms with Gasteiger partial charge in [0.15, 0.2) is 0 Å². The highest BCUT2D eigenvalue weighted by Gasteiger charge is 2.47. The van der Waals surface area contributed by atoms with E-state index in [4.69, 9.17) is 0 Å². The van der Waals surface area contributed by atoms with Crippen LogP contribution >= 0.6 is 0 Å². The molecule has 0 radical (unpaired) electrons. The molecule has 1 saturated heterocycles. The number of fused-ring (bicyclic) bond motifs is 1. The van der Waals surface area contributed by atoms with Gasteiger partial charge in [0.1, 0.15) is 12.2 Å². The van der Waals surface area contributed by atoms with E-state index in [0.717, 1.165) is 0 Å². The number of nitrogens with one attached hydrogen (secondary N) is 2. The number of alkyl halides is 3. The second kappa shape index (κ2) is 11.2. The Kier molecular flexibility index (Phi) is 7.85. The average Bonchev–Trinajstić information content (AvgIpc) is 3.37. The standard InChI is InChI=1S/C29H32F3N7O3/c1-28(2,42)25(30)14-35-26(40)21-13-34-23(24-8-7-20-9-17(11-33)12-36-39(20)24)10-22(21)37-19-5-3-18(4-6-19)27(41)38-15-29(31,32)16-38/h7-10,12-13,18-19,25,42H,3-6,14-16H2,1-2H3,(H,34,37)(H,35,40). The Morgan fingerprint density at radius 1 is 1.19 bits per heavy atom. The van der Waals surface area contributed by atoms with Crippen LogP contribution in [0.4, 0.5) is 18.9 Å². The number of rotatable bonds is 8. The van der Waals surface area contributed by atoms with E-state index >= 15 is 0 Å². The molecule has 1 aliphatic heterocycles. The first-order valence-corrected chi connectivity index (χ1v) is 13.8. The Morgan fingerprint density at radius 3 is 2.55 bits per heavy atom. The maximum atomic E-state index is 14.3. The smallest absolute Gasteiger partial charge is 0.282 e. The monoisotopic (exact) mass is 583 g/mol. The van der Waals surface area contributed by atoms with Crippen molar-refractivity contribution in [3.05, 3.63) is 47.8 Å². The second-order valence-corrected chi connectivity index (χ2v) is 11.6. The van der Waals surface area contributed by atoms with Crippen molar-refractivity contribution in [3.8, 4) is 17.5 Å². The van der Waals surface area contributed by atoms with Crippen LogP contribution in [0.1, 0.15) is 55.5 Å². The molecule has 42 heavy (non-hydrogen) atoms. The molecule has 2 amide bonds. The number of amides is 2. The number of aromatic nitrogens is 3. The minimum atomic E-state index is -2.81. The Hall–Kier alpha value is -4.18. The van der Waals surface area contributed by atoms with Crippen molar-refractivity contribution in [1.82, 2.24) is 24.8 Å². The third kappa shape index (κ3) is 6.18. The third-order valence-corrected chi connectivity index (χ3v) is 7.84. The molecule has 3 aromatic heterocycles. The van der Waals surface area contributed by atoms with Crippen molar-refractivity contribution in [2.24, 2.45) is 5.92 Å². The zero-order valence-electron chi connectivity index (χ0n) is 23.3. The predicted molar refractivity (Wildman–Crippen MR) is 148 cm³/mol. The zero-order valence-corrected chi connectivity index (χ0v) is 23.3. The number of pyridine rings is 1. The van der Waals surface area contributed by atoms with Crippen molar-refractivity contribution in [2.75, 3.05) is 25.0 Å². The molecule has 10 nitrogen and oxygen atoms in total. The molecule has 0 spiro atoms. The van der Waals surface area contributed by atoms with E-state index in [1.807, 2.05) is 0 Å². The summed E-state index contributed by atoms with van der Waals surface area (Å²) in [6.45, 7) is 1.17. The van der Waals surface area contributed by atoms with Gasteiger partial charge in [0, 0.05) is 18.2 Å². The fourth-order valence-electron chi connectivity index (χ4n) is 5.31. The first kappa shape index (κ1) is 29.3. The van der Waals surface area contributed by atoms with Crippen LogP contribution in [-0.4, -0.2) is 79.8 Å². The second-order valence-electron chi connectivity index (χ2n) is 11.6. The van der Waals surface area contributed by atoms with Gasteiger partial charge < -0.3 is 20.6 Å². The lowest BCUT2D eigenvalue weighted by molar-refractivity contribution is -0.170. The van der Waals surface area contributed by atoms with Gasteiger partial charge in [-0.05, 0) is 63.8 Å². The molecule has 5 rings (SSSR count). The SMILES string of the molecule is CC(C)(O)C(F)CNC(=O)c1cnc(-c2ccc3cc(C#N)cnn23)cc1NC1CCC(C(=O)N2CC(F)(F)C2)CC1. The van der Waals surface area contributed by atoms with Crippen molar-refractivity contribution in [2.45, 2.75) is 63.3 Å². The van der Waals surface area contributed by atoms with Crippen LogP contribution in [0.15, 0.2) is 36.7 Å². The normalized spacial score (nSPS) is 20.8. The number of nitriles is 1. The first-order chi connectivity index (χ1) is 19.8. The molecule has 0 bridgehead atoms. The van der Waals surface area contributed by atoms with Crippen LogP contribution in [0.3, 0.4) is 0 Å². The van der Waals surface area contributed by atoms with Crippen molar-refractivity contribution < 1.29 is 27.9 Å². The summed E-state index contributed by atoms with van der Waals surface area (Å²) in [5.74, 6) is -3.96. The lowest BCUT2D eigenvalue weighted by Gasteiger charge is -2.41. The van der Waals surface area contributed by atoms with Crippen molar-refractivity contribution in [1.29, 1.82) is 5.26 Å². The van der Waals surface area contributed by atoms with Gasteiger partial charge in [-0.3, -0.25) is 14.6 Å². The van der Waals surface area contributed by atoms with E-state index in [1.165, 1.54) is 31.1 Å². The Bertz CT molecular complexity index is 1530. The molecule has 13 heteroatoms. The highest BCUT2D eigenvalue weighted by molar-refractivity contribution is 6.00. The van der Waals surface area contributed by atoms with Crippen LogP contribution in [0.2, 0.25) is 0 Å². The molecule has 1 unspecified atom stereocenters. The van der Waals surface area contributed by atoms with Gasteiger partial charge in [-0.25, -0.2) is 17.7 Å². The lowest BCUT2D eigenvalue weighted by Crippen LogP contribution is -2.60. The molecule has 2 aliphatic rings. The quantitative estimate of drug-likeness (QED) is 0.369. The summed E-state index contributed by atoms with van der Waals surface area (Å²) in [5.41, 5.74) is 1.19. The molecule has 2 fully saturated rings. The summed E-state index contributed by atoms with van der Waals surface area (Å²) < 4.78 is 42.5. The summed E-state index contributed by atoms with van der Waals surface area (Å²) in [6.07, 6.45) is 3.32. The lowest BCUT2D eigenvalue weighted by atomic mass is 9.84. The highest BCUT2D eigenvalue weighted by atomic mass is 19.3. The number of hydrogen-bond acceptors (Lipinski definition) is 7. The molecular weight excluding hydrogens is 551 g/mol. The van der Waals surface area contributed by atoms with Crippen LogP contribution in [0, 0.1) is 17.2 Å². The summed E-state index contributed by atoms with van der Waals surface area (Å²) in [5, 5.41) is 29.3. The minimum Gasteiger partial charge on any atom is -0.387 e. The fourth-order valence-corrected chi connectivity index (χ4v) is 5.31. The molecular formula is C29H32F3N7O3. The van der Waals surface area contributed by atoms with Crippen LogP contribution in [-0.2, 0) is 4.79 Å². The zero-order chi connectivity index (χ0) is 30.2. The number of hydrogen-bond donors (Lipinski definition) is 3. The van der Waals surface area contributed by atoms with Crippen LogP contribution in [0.25, 0.3) is 16.9 Å². The van der Waals surface area contributed by atoms with Crippen molar-refractivity contribution >= 4 is 23.0 Å². The summed E-state index contributed by atoms with van der Waals surface area (Å²) in [7, 11) is 0. The van der Waals surface area contributed by atoms with Gasteiger partial charge in [-0.15, -0.1) is 0 Å². The number of likely N-dealkylation sites (tertiary alicyclic amines) is 1. The number of carbonyl (C=O) groups excluding carboxylic acids is 2. The van der Waals surface area contributed by atoms with Gasteiger partial charge in [-0.2, -0.15) is 10.4 Å². The minimum absolute atomic E-state index is 0.112. The molecule has 3 N–H and O–H groups in total. The summed E-state index contributed by atoms with van der Waals surface area (Å²) in [4.78, 5) is 31.4. The van der Waals surface area contributed by atoms with E-state index in [-0.39, 0.29) is 23.4 Å². The largest absolute Gasteiger partial charge is 0.387 e. The highest BCUT2D eigenvalue weighted by Crippen LogP contribution is 2.34. The van der Waals surface area contributed by atoms with Gasteiger partial charge in [-0.1, -0.05) is 0 Å². The number of anilines is 1. The number of carbonyl (C=O) groups is 2. The van der Waals surface area contributed by atoms with E-state index in [9.17, 15) is 33.1 Å². The van der Waals surface area contributed by atoms with Crippen LogP contribution < -0.4 is 10.6 Å². The fraction of sp³-hybridized carbons (Fsp3) is 0.483. The predicted octanol–water partition coefficient (Wildman–Crippen LogP) is 3.55. The molecule has 1 atom stereocenters. The van der Waals surface area contributed by atoms with E-state index in [0.29, 0.717) is 53.8 Å².